The molecule has 0 aliphatic heterocycles. The van der Waals surface area contributed by atoms with Crippen LogP contribution in [0.2, 0.25) is 5.02 Å². The number of rotatable bonds is 3. The van der Waals surface area contributed by atoms with Crippen LogP contribution in [0.3, 0.4) is 0 Å². The molecule has 0 atom stereocenters. The van der Waals surface area contributed by atoms with E-state index in [1.807, 2.05) is 12.1 Å². The number of H-pyrrole nitrogens is 2. The first-order valence-electron chi connectivity index (χ1n) is 8.16. The van der Waals surface area contributed by atoms with Crippen LogP contribution in [0.5, 0.6) is 0 Å². The molecule has 0 spiro atoms. The summed E-state index contributed by atoms with van der Waals surface area (Å²) in [5.41, 5.74) is 2.29. The van der Waals surface area contributed by atoms with Crippen molar-refractivity contribution in [3.05, 3.63) is 51.8 Å². The van der Waals surface area contributed by atoms with Crippen molar-refractivity contribution in [2.24, 2.45) is 0 Å². The summed E-state index contributed by atoms with van der Waals surface area (Å²) in [7, 11) is 0. The Morgan fingerprint density at radius 1 is 1.22 bits per heavy atom. The van der Waals surface area contributed by atoms with Crippen LogP contribution in [-0.4, -0.2) is 37.9 Å². The van der Waals surface area contributed by atoms with Gasteiger partial charge >= 0.3 is 6.09 Å². The van der Waals surface area contributed by atoms with Gasteiger partial charge in [-0.2, -0.15) is 5.10 Å². The van der Waals surface area contributed by atoms with Gasteiger partial charge in [0.1, 0.15) is 0 Å². The molecule has 0 radical (unpaired) electrons. The first kappa shape index (κ1) is 17.0. The Morgan fingerprint density at radius 2 is 2.04 bits per heavy atom. The number of amides is 1. The van der Waals surface area contributed by atoms with E-state index in [0.29, 0.717) is 32.5 Å². The number of nitrogens with one attached hydrogen (secondary N) is 2. The van der Waals surface area contributed by atoms with Crippen LogP contribution < -0.4 is 10.5 Å². The normalized spacial score (nSPS) is 11.2. The topological polar surface area (TPSA) is 115 Å². The molecule has 27 heavy (non-hydrogen) atoms. The molecular weight excluding hydrogens is 370 g/mol. The molecule has 1 amide bonds. The van der Waals surface area contributed by atoms with Gasteiger partial charge in [0.15, 0.2) is 0 Å². The van der Waals surface area contributed by atoms with Crippen LogP contribution in [0.15, 0.2) is 41.2 Å². The Hall–Kier alpha value is -3.39. The van der Waals surface area contributed by atoms with Gasteiger partial charge in [-0.15, -0.1) is 0 Å². The summed E-state index contributed by atoms with van der Waals surface area (Å²) in [6.07, 6.45) is -1.08. The van der Waals surface area contributed by atoms with Gasteiger partial charge in [-0.3, -0.25) is 4.79 Å². The molecule has 136 valence electrons. The summed E-state index contributed by atoms with van der Waals surface area (Å²) in [5.74, 6) is 0.250. The number of benzene rings is 2. The number of anilines is 1. The molecule has 2 heterocycles. The summed E-state index contributed by atoms with van der Waals surface area (Å²) in [5, 5.41) is 17.6. The van der Waals surface area contributed by atoms with Crippen molar-refractivity contribution in [1.82, 2.24) is 20.2 Å². The first-order chi connectivity index (χ1) is 13.0. The number of aromatic nitrogens is 4. The number of fused-ring (bicyclic) bond motifs is 2. The SMILES string of the molecule is CCN(C(=O)O)c1nc2ccc(-c3n[nH]c(=O)c4ccc(Cl)cc34)cc2[nH]1. The zero-order valence-electron chi connectivity index (χ0n) is 14.2. The largest absolute Gasteiger partial charge is 0.465 e. The molecule has 0 aliphatic rings. The molecule has 0 aliphatic carbocycles. The molecule has 0 unspecified atom stereocenters. The minimum absolute atomic E-state index is 0.250. The third kappa shape index (κ3) is 2.89. The van der Waals surface area contributed by atoms with E-state index in [-0.39, 0.29) is 18.1 Å². The maximum Gasteiger partial charge on any atom is 0.414 e. The molecule has 4 rings (SSSR count). The maximum atomic E-state index is 12.0. The highest BCUT2D eigenvalue weighted by molar-refractivity contribution is 6.31. The van der Waals surface area contributed by atoms with Crippen LogP contribution >= 0.6 is 11.6 Å². The monoisotopic (exact) mass is 383 g/mol. The van der Waals surface area contributed by atoms with E-state index in [2.05, 4.69) is 20.2 Å². The number of halogens is 1. The number of imidazole rings is 1. The van der Waals surface area contributed by atoms with Crippen LogP contribution in [0.1, 0.15) is 6.92 Å². The van der Waals surface area contributed by atoms with Crippen molar-refractivity contribution in [1.29, 1.82) is 0 Å². The molecule has 8 nitrogen and oxygen atoms in total. The lowest BCUT2D eigenvalue weighted by Gasteiger charge is -2.12. The van der Waals surface area contributed by atoms with E-state index < -0.39 is 6.09 Å². The Kier molecular flexibility index (Phi) is 4.04. The molecule has 2 aromatic heterocycles. The van der Waals surface area contributed by atoms with Crippen molar-refractivity contribution in [2.45, 2.75) is 6.92 Å². The molecule has 3 N–H and O–H groups in total. The summed E-state index contributed by atoms with van der Waals surface area (Å²) in [6, 6.07) is 10.4. The van der Waals surface area contributed by atoms with Crippen LogP contribution in [-0.2, 0) is 0 Å². The molecule has 0 saturated carbocycles. The summed E-state index contributed by atoms with van der Waals surface area (Å²) >= 11 is 6.09. The van der Waals surface area contributed by atoms with Gasteiger partial charge in [0.2, 0.25) is 5.95 Å². The summed E-state index contributed by atoms with van der Waals surface area (Å²) in [4.78, 5) is 31.8. The summed E-state index contributed by atoms with van der Waals surface area (Å²) < 4.78 is 0. The van der Waals surface area contributed by atoms with Crippen molar-refractivity contribution in [3.8, 4) is 11.3 Å². The highest BCUT2D eigenvalue weighted by atomic mass is 35.5. The number of hydrogen-bond acceptors (Lipinski definition) is 4. The van der Waals surface area contributed by atoms with E-state index >= 15 is 0 Å². The van der Waals surface area contributed by atoms with Gasteiger partial charge in [-0.25, -0.2) is 19.8 Å². The second-order valence-corrected chi connectivity index (χ2v) is 6.35. The highest BCUT2D eigenvalue weighted by Crippen LogP contribution is 2.29. The van der Waals surface area contributed by atoms with Crippen molar-refractivity contribution in [3.63, 3.8) is 0 Å². The lowest BCUT2D eigenvalue weighted by atomic mass is 10.0. The zero-order chi connectivity index (χ0) is 19.1. The van der Waals surface area contributed by atoms with Gasteiger partial charge in [-0.1, -0.05) is 17.7 Å². The van der Waals surface area contributed by atoms with E-state index in [0.717, 1.165) is 10.5 Å². The van der Waals surface area contributed by atoms with Gasteiger partial charge in [0, 0.05) is 22.5 Å². The molecule has 9 heteroatoms. The van der Waals surface area contributed by atoms with E-state index in [9.17, 15) is 14.7 Å². The predicted molar refractivity (Wildman–Crippen MR) is 104 cm³/mol. The average Bonchev–Trinajstić information content (AvgIpc) is 3.04. The minimum atomic E-state index is -1.08. The predicted octanol–water partition coefficient (Wildman–Crippen LogP) is 3.62. The van der Waals surface area contributed by atoms with Gasteiger partial charge < -0.3 is 10.1 Å². The third-order valence-electron chi connectivity index (χ3n) is 4.30. The molecule has 0 saturated heterocycles. The average molecular weight is 384 g/mol. The van der Waals surface area contributed by atoms with Gasteiger partial charge in [0.05, 0.1) is 22.1 Å². The maximum absolute atomic E-state index is 12.0. The van der Waals surface area contributed by atoms with E-state index in [1.165, 1.54) is 0 Å². The van der Waals surface area contributed by atoms with Gasteiger partial charge in [-0.05, 0) is 37.3 Å². The lowest BCUT2D eigenvalue weighted by molar-refractivity contribution is 0.202. The van der Waals surface area contributed by atoms with Crippen LogP contribution in [0.4, 0.5) is 10.7 Å². The number of hydrogen-bond donors (Lipinski definition) is 3. The Labute approximate surface area is 157 Å². The molecule has 0 bridgehead atoms. The Bertz CT molecular complexity index is 1250. The van der Waals surface area contributed by atoms with Crippen molar-refractivity contribution in [2.75, 3.05) is 11.4 Å². The Balaban J connectivity index is 1.89. The van der Waals surface area contributed by atoms with Crippen molar-refractivity contribution < 1.29 is 9.90 Å². The first-order valence-corrected chi connectivity index (χ1v) is 8.54. The van der Waals surface area contributed by atoms with Crippen LogP contribution in [0.25, 0.3) is 33.1 Å². The van der Waals surface area contributed by atoms with Crippen molar-refractivity contribution >= 4 is 45.4 Å². The fourth-order valence-electron chi connectivity index (χ4n) is 3.00. The zero-order valence-corrected chi connectivity index (χ0v) is 14.9. The van der Waals surface area contributed by atoms with Crippen LogP contribution in [0, 0.1) is 0 Å². The molecule has 2 aromatic carbocycles. The molecule has 4 aromatic rings. The standard InChI is InChI=1S/C18H14ClN5O3/c1-2-24(18(26)27)17-20-13-6-3-9(7-14(13)21-17)15-12-8-10(19)4-5-11(12)16(25)23-22-15/h3-8H,2H2,1H3,(H,20,21)(H,23,25)(H,26,27). The van der Waals surface area contributed by atoms with Gasteiger partial charge in [0.25, 0.3) is 5.56 Å². The number of nitrogens with zero attached hydrogens (tertiary/aromatic N) is 3. The lowest BCUT2D eigenvalue weighted by Crippen LogP contribution is -2.29. The number of carboxylic acid groups (broad SMARTS) is 1. The highest BCUT2D eigenvalue weighted by Gasteiger charge is 2.17. The third-order valence-corrected chi connectivity index (χ3v) is 4.53. The quantitative estimate of drug-likeness (QED) is 0.499. The fourth-order valence-corrected chi connectivity index (χ4v) is 3.18. The Morgan fingerprint density at radius 3 is 2.78 bits per heavy atom. The minimum Gasteiger partial charge on any atom is -0.465 e. The van der Waals surface area contributed by atoms with E-state index in [1.54, 1.807) is 31.2 Å². The molecular formula is C18H14ClN5O3. The number of aromatic amines is 2. The van der Waals surface area contributed by atoms with E-state index in [4.69, 9.17) is 11.6 Å². The summed E-state index contributed by atoms with van der Waals surface area (Å²) in [6.45, 7) is 2.00. The molecule has 0 fully saturated rings. The second kappa shape index (κ2) is 6.40. The second-order valence-electron chi connectivity index (χ2n) is 5.91. The smallest absolute Gasteiger partial charge is 0.414 e. The fraction of sp³-hybridized carbons (Fsp3) is 0.111. The number of carbonyl (C=O) groups is 1.